The maximum atomic E-state index is 11.8. The van der Waals surface area contributed by atoms with Crippen molar-refractivity contribution in [3.63, 3.8) is 0 Å². The molecule has 1 N–H and O–H groups in total. The summed E-state index contributed by atoms with van der Waals surface area (Å²) in [6, 6.07) is 6.07. The summed E-state index contributed by atoms with van der Waals surface area (Å²) >= 11 is 1.38. The van der Waals surface area contributed by atoms with E-state index in [1.54, 1.807) is 0 Å². The van der Waals surface area contributed by atoms with E-state index in [1.165, 1.54) is 11.3 Å². The number of anilines is 1. The van der Waals surface area contributed by atoms with Crippen LogP contribution in [0.15, 0.2) is 23.0 Å². The molecule has 0 aliphatic carbocycles. The topological polar surface area (TPSA) is 45.3 Å². The number of hydrogen-bond acceptors (Lipinski definition) is 4. The standard InChI is InChI=1S/C17H20N2O2S/c1-11(2)10-19-6-7-21-15-5-4-13(8-14(15)19)9-16-17(20)18-12(3)22-16/h4-5,8-9,11H,3,6-7,10H2,1-2H3,(H,18,20)/b16-9-. The van der Waals surface area contributed by atoms with Crippen molar-refractivity contribution in [3.05, 3.63) is 43.3 Å². The molecular formula is C17H20N2O2S. The number of H-pyrrole nitrogens is 1. The van der Waals surface area contributed by atoms with Crippen molar-refractivity contribution in [2.24, 2.45) is 5.92 Å². The molecule has 0 saturated heterocycles. The molecule has 116 valence electrons. The average molecular weight is 316 g/mol. The summed E-state index contributed by atoms with van der Waals surface area (Å²) in [6.45, 7) is 10.8. The molecule has 0 unspecified atom stereocenters. The van der Waals surface area contributed by atoms with Crippen LogP contribution in [-0.2, 0) is 0 Å². The molecule has 1 aromatic heterocycles. The molecular weight excluding hydrogens is 296 g/mol. The van der Waals surface area contributed by atoms with Gasteiger partial charge in [-0.3, -0.25) is 4.79 Å². The zero-order chi connectivity index (χ0) is 15.7. The fourth-order valence-corrected chi connectivity index (χ4v) is 3.40. The van der Waals surface area contributed by atoms with Crippen molar-refractivity contribution in [2.75, 3.05) is 24.6 Å². The number of nitrogens with zero attached hydrogens (tertiary/aromatic N) is 1. The van der Waals surface area contributed by atoms with Gasteiger partial charge < -0.3 is 14.6 Å². The summed E-state index contributed by atoms with van der Waals surface area (Å²) in [7, 11) is 0. The van der Waals surface area contributed by atoms with E-state index in [0.29, 0.717) is 15.1 Å². The molecule has 2 aromatic rings. The fourth-order valence-electron chi connectivity index (χ4n) is 2.65. The lowest BCUT2D eigenvalue weighted by Crippen LogP contribution is -2.35. The van der Waals surface area contributed by atoms with Gasteiger partial charge in [0.2, 0.25) is 0 Å². The molecule has 1 aliphatic heterocycles. The van der Waals surface area contributed by atoms with Gasteiger partial charge in [-0.1, -0.05) is 26.5 Å². The van der Waals surface area contributed by atoms with Crippen LogP contribution in [0.1, 0.15) is 19.4 Å². The zero-order valence-corrected chi connectivity index (χ0v) is 13.7. The van der Waals surface area contributed by atoms with Crippen molar-refractivity contribution in [3.8, 4) is 5.75 Å². The third-order valence-electron chi connectivity index (χ3n) is 3.54. The van der Waals surface area contributed by atoms with Gasteiger partial charge in [-0.2, -0.15) is 0 Å². The Kier molecular flexibility index (Phi) is 4.07. The number of rotatable bonds is 3. The molecule has 2 heterocycles. The quantitative estimate of drug-likeness (QED) is 0.934. The SMILES string of the molecule is C=c1[nH]c(=O)/c(=C/c2ccc3c(c2)N(CC(C)C)CCO3)s1. The Bertz CT molecular complexity index is 835. The van der Waals surface area contributed by atoms with Crippen molar-refractivity contribution >= 4 is 29.7 Å². The normalized spacial score (nSPS) is 15.0. The van der Waals surface area contributed by atoms with Gasteiger partial charge >= 0.3 is 0 Å². The molecule has 22 heavy (non-hydrogen) atoms. The first-order chi connectivity index (χ1) is 10.5. The van der Waals surface area contributed by atoms with Gasteiger partial charge in [0.1, 0.15) is 12.4 Å². The first-order valence-electron chi connectivity index (χ1n) is 7.44. The molecule has 0 bridgehead atoms. The van der Waals surface area contributed by atoms with E-state index in [4.69, 9.17) is 4.74 Å². The Morgan fingerprint density at radius 2 is 2.32 bits per heavy atom. The molecule has 1 aromatic carbocycles. The Morgan fingerprint density at radius 3 is 3.00 bits per heavy atom. The molecule has 0 saturated carbocycles. The van der Waals surface area contributed by atoms with Gasteiger partial charge in [-0.15, -0.1) is 11.3 Å². The van der Waals surface area contributed by atoms with Crippen molar-refractivity contribution < 1.29 is 4.74 Å². The van der Waals surface area contributed by atoms with Crippen LogP contribution in [0.2, 0.25) is 0 Å². The monoisotopic (exact) mass is 316 g/mol. The first kappa shape index (κ1) is 14.9. The summed E-state index contributed by atoms with van der Waals surface area (Å²) in [6.07, 6.45) is 1.90. The molecule has 1 aliphatic rings. The van der Waals surface area contributed by atoms with Crippen LogP contribution in [-0.4, -0.2) is 24.7 Å². The van der Waals surface area contributed by atoms with Crippen molar-refractivity contribution in [1.29, 1.82) is 0 Å². The highest BCUT2D eigenvalue weighted by molar-refractivity contribution is 7.07. The van der Waals surface area contributed by atoms with Gasteiger partial charge in [0.25, 0.3) is 5.56 Å². The summed E-state index contributed by atoms with van der Waals surface area (Å²) in [4.78, 5) is 16.9. The van der Waals surface area contributed by atoms with Crippen LogP contribution >= 0.6 is 11.3 Å². The summed E-state index contributed by atoms with van der Waals surface area (Å²) in [5.74, 6) is 1.51. The van der Waals surface area contributed by atoms with E-state index in [9.17, 15) is 4.79 Å². The highest BCUT2D eigenvalue weighted by Crippen LogP contribution is 2.33. The third kappa shape index (κ3) is 3.09. The van der Waals surface area contributed by atoms with E-state index in [0.717, 1.165) is 36.7 Å². The largest absolute Gasteiger partial charge is 0.490 e. The molecule has 4 nitrogen and oxygen atoms in total. The lowest BCUT2D eigenvalue weighted by molar-refractivity contribution is 0.304. The lowest BCUT2D eigenvalue weighted by Gasteiger charge is -2.32. The predicted molar refractivity (Wildman–Crippen MR) is 92.3 cm³/mol. The first-order valence-corrected chi connectivity index (χ1v) is 8.26. The molecule has 5 heteroatoms. The second-order valence-corrected chi connectivity index (χ2v) is 7.04. The number of nitrogens with one attached hydrogen (secondary N) is 1. The minimum absolute atomic E-state index is 0.0805. The van der Waals surface area contributed by atoms with Crippen LogP contribution in [0.4, 0.5) is 5.69 Å². The van der Waals surface area contributed by atoms with E-state index in [-0.39, 0.29) is 5.56 Å². The summed E-state index contributed by atoms with van der Waals surface area (Å²) < 4.78 is 7.09. The van der Waals surface area contributed by atoms with Crippen LogP contribution in [0.25, 0.3) is 12.7 Å². The van der Waals surface area contributed by atoms with Gasteiger partial charge in [0, 0.05) is 6.54 Å². The Morgan fingerprint density at radius 1 is 1.50 bits per heavy atom. The highest BCUT2D eigenvalue weighted by Gasteiger charge is 2.18. The Hall–Kier alpha value is -2.01. The zero-order valence-electron chi connectivity index (χ0n) is 12.9. The lowest BCUT2D eigenvalue weighted by atomic mass is 10.1. The second kappa shape index (κ2) is 6.01. The van der Waals surface area contributed by atoms with E-state index < -0.39 is 0 Å². The molecule has 0 fully saturated rings. The number of ether oxygens (including phenoxy) is 1. The van der Waals surface area contributed by atoms with E-state index >= 15 is 0 Å². The van der Waals surface area contributed by atoms with Crippen LogP contribution < -0.4 is 24.4 Å². The number of aromatic amines is 1. The van der Waals surface area contributed by atoms with Gasteiger partial charge in [0.15, 0.2) is 0 Å². The van der Waals surface area contributed by atoms with Crippen molar-refractivity contribution in [1.82, 2.24) is 4.98 Å². The minimum atomic E-state index is -0.0805. The van der Waals surface area contributed by atoms with E-state index in [2.05, 4.69) is 36.4 Å². The number of thiazole rings is 1. The van der Waals surface area contributed by atoms with Gasteiger partial charge in [0.05, 0.1) is 21.4 Å². The van der Waals surface area contributed by atoms with Crippen LogP contribution in [0.5, 0.6) is 5.75 Å². The minimum Gasteiger partial charge on any atom is -0.490 e. The predicted octanol–water partition coefficient (Wildman–Crippen LogP) is 1.53. The number of fused-ring (bicyclic) bond motifs is 1. The highest BCUT2D eigenvalue weighted by atomic mass is 32.1. The average Bonchev–Trinajstić information content (AvgIpc) is 2.77. The summed E-state index contributed by atoms with van der Waals surface area (Å²) in [5, 5.41) is 0. The molecule has 0 radical (unpaired) electrons. The van der Waals surface area contributed by atoms with Crippen LogP contribution in [0.3, 0.4) is 0 Å². The Labute approximate surface area is 133 Å². The number of benzene rings is 1. The fraction of sp³-hybridized carbons (Fsp3) is 0.353. The molecule has 0 amide bonds. The van der Waals surface area contributed by atoms with Crippen LogP contribution in [0, 0.1) is 5.92 Å². The van der Waals surface area contributed by atoms with Gasteiger partial charge in [-0.05, 0) is 29.7 Å². The molecule has 0 spiro atoms. The maximum Gasteiger partial charge on any atom is 0.266 e. The second-order valence-electron chi connectivity index (χ2n) is 5.90. The number of hydrogen-bond donors (Lipinski definition) is 1. The van der Waals surface area contributed by atoms with Gasteiger partial charge in [-0.25, -0.2) is 0 Å². The smallest absolute Gasteiger partial charge is 0.266 e. The number of aromatic nitrogens is 1. The third-order valence-corrected chi connectivity index (χ3v) is 4.41. The van der Waals surface area contributed by atoms with E-state index in [1.807, 2.05) is 18.2 Å². The molecule has 0 atom stereocenters. The summed E-state index contributed by atoms with van der Waals surface area (Å²) in [5.41, 5.74) is 2.03. The Balaban J connectivity index is 2.02. The van der Waals surface area contributed by atoms with Crippen molar-refractivity contribution in [2.45, 2.75) is 13.8 Å². The molecule has 3 rings (SSSR count). The maximum absolute atomic E-state index is 11.8.